The van der Waals surface area contributed by atoms with Crippen LogP contribution < -0.4 is 5.32 Å². The maximum absolute atomic E-state index is 12.0. The second-order valence-electron chi connectivity index (χ2n) is 4.98. The van der Waals surface area contributed by atoms with E-state index in [4.69, 9.17) is 9.84 Å². The Morgan fingerprint density at radius 2 is 1.88 bits per heavy atom. The molecule has 1 fully saturated rings. The van der Waals surface area contributed by atoms with Crippen LogP contribution in [0.15, 0.2) is 12.2 Å². The predicted molar refractivity (Wildman–Crippen MR) is 60.3 cm³/mol. The zero-order valence-corrected chi connectivity index (χ0v) is 9.92. The molecule has 0 spiro atoms. The molecule has 2 rings (SSSR count). The molecule has 0 aliphatic carbocycles. The number of carbonyl (C=O) groups is 2. The normalized spacial score (nSPS) is 34.3. The zero-order chi connectivity index (χ0) is 12.6. The Kier molecular flexibility index (Phi) is 3.19. The van der Waals surface area contributed by atoms with Crippen molar-refractivity contribution in [3.8, 4) is 0 Å². The first kappa shape index (κ1) is 12.1. The molecule has 0 aromatic carbocycles. The fourth-order valence-electron chi connectivity index (χ4n) is 2.34. The smallest absolute Gasteiger partial charge is 0.310 e. The summed E-state index contributed by atoms with van der Waals surface area (Å²) in [5.74, 6) is -2.19. The maximum Gasteiger partial charge on any atom is 0.310 e. The van der Waals surface area contributed by atoms with Gasteiger partial charge in [0.05, 0.1) is 18.1 Å². The number of fused-ring (bicyclic) bond motifs is 2. The number of carboxylic acids is 1. The third-order valence-corrected chi connectivity index (χ3v) is 3.17. The van der Waals surface area contributed by atoms with E-state index in [1.54, 1.807) is 12.2 Å². The van der Waals surface area contributed by atoms with Gasteiger partial charge in [-0.05, 0) is 5.92 Å². The Morgan fingerprint density at radius 3 is 2.41 bits per heavy atom. The van der Waals surface area contributed by atoms with Gasteiger partial charge in [-0.2, -0.15) is 0 Å². The van der Waals surface area contributed by atoms with E-state index in [2.05, 4.69) is 5.32 Å². The zero-order valence-electron chi connectivity index (χ0n) is 9.92. The van der Waals surface area contributed by atoms with E-state index in [1.165, 1.54) is 0 Å². The van der Waals surface area contributed by atoms with Gasteiger partial charge in [0.25, 0.3) is 0 Å². The van der Waals surface area contributed by atoms with Crippen LogP contribution in [-0.4, -0.2) is 35.7 Å². The minimum atomic E-state index is -0.966. The number of rotatable bonds is 4. The molecule has 94 valence electrons. The van der Waals surface area contributed by atoms with Crippen LogP contribution in [0.4, 0.5) is 0 Å². The molecule has 0 aromatic rings. The molecule has 2 bridgehead atoms. The van der Waals surface area contributed by atoms with E-state index >= 15 is 0 Å². The number of aliphatic carboxylic acids is 1. The highest BCUT2D eigenvalue weighted by Crippen LogP contribution is 2.39. The lowest BCUT2D eigenvalue weighted by Crippen LogP contribution is -2.43. The van der Waals surface area contributed by atoms with Crippen molar-refractivity contribution in [1.82, 2.24) is 5.32 Å². The van der Waals surface area contributed by atoms with Gasteiger partial charge in [0.1, 0.15) is 5.92 Å². The molecule has 2 heterocycles. The summed E-state index contributed by atoms with van der Waals surface area (Å²) in [6, 6.07) is 0. The van der Waals surface area contributed by atoms with Gasteiger partial charge in [0, 0.05) is 6.54 Å². The average molecular weight is 239 g/mol. The van der Waals surface area contributed by atoms with Crippen LogP contribution in [0.25, 0.3) is 0 Å². The Morgan fingerprint density at radius 1 is 1.29 bits per heavy atom. The van der Waals surface area contributed by atoms with E-state index in [-0.39, 0.29) is 12.0 Å². The third-order valence-electron chi connectivity index (χ3n) is 3.17. The lowest BCUT2D eigenvalue weighted by atomic mass is 9.82. The molecular weight excluding hydrogens is 222 g/mol. The van der Waals surface area contributed by atoms with E-state index in [0.29, 0.717) is 12.5 Å². The van der Waals surface area contributed by atoms with Crippen molar-refractivity contribution in [2.24, 2.45) is 17.8 Å². The topological polar surface area (TPSA) is 75.6 Å². The summed E-state index contributed by atoms with van der Waals surface area (Å²) in [6.45, 7) is 4.54. The summed E-state index contributed by atoms with van der Waals surface area (Å²) in [4.78, 5) is 23.1. The minimum Gasteiger partial charge on any atom is -0.481 e. The van der Waals surface area contributed by atoms with Crippen LogP contribution in [-0.2, 0) is 14.3 Å². The van der Waals surface area contributed by atoms with Crippen molar-refractivity contribution in [3.63, 3.8) is 0 Å². The molecule has 2 aliphatic heterocycles. The molecule has 1 saturated heterocycles. The molecule has 0 saturated carbocycles. The highest BCUT2D eigenvalue weighted by Gasteiger charge is 2.53. The van der Waals surface area contributed by atoms with Crippen LogP contribution >= 0.6 is 0 Å². The lowest BCUT2D eigenvalue weighted by molar-refractivity contribution is -0.146. The van der Waals surface area contributed by atoms with E-state index in [1.807, 2.05) is 13.8 Å². The third kappa shape index (κ3) is 2.20. The monoisotopic (exact) mass is 239 g/mol. The molecule has 2 N–H and O–H groups in total. The SMILES string of the molecule is CC(C)CNC(=O)[C@H]1[C@@H](C(=O)O)[C@H]2C=C[C@H]1O2. The minimum absolute atomic E-state index is 0.219. The second-order valence-corrected chi connectivity index (χ2v) is 4.98. The Hall–Kier alpha value is -1.36. The van der Waals surface area contributed by atoms with Gasteiger partial charge in [-0.15, -0.1) is 0 Å². The maximum atomic E-state index is 12.0. The fraction of sp³-hybridized carbons (Fsp3) is 0.667. The quantitative estimate of drug-likeness (QED) is 0.697. The van der Waals surface area contributed by atoms with Gasteiger partial charge in [0.15, 0.2) is 0 Å². The molecule has 4 atom stereocenters. The van der Waals surface area contributed by atoms with Gasteiger partial charge in [-0.1, -0.05) is 26.0 Å². The highest BCUT2D eigenvalue weighted by atomic mass is 16.5. The average Bonchev–Trinajstić information content (AvgIpc) is 2.84. The first-order valence-electron chi connectivity index (χ1n) is 5.85. The van der Waals surface area contributed by atoms with Crippen molar-refractivity contribution in [3.05, 3.63) is 12.2 Å². The summed E-state index contributed by atoms with van der Waals surface area (Å²) in [7, 11) is 0. The number of hydrogen-bond acceptors (Lipinski definition) is 3. The first-order chi connectivity index (χ1) is 8.00. The number of amides is 1. The van der Waals surface area contributed by atoms with E-state index < -0.39 is 23.9 Å². The van der Waals surface area contributed by atoms with Crippen LogP contribution in [0, 0.1) is 17.8 Å². The number of carboxylic acid groups (broad SMARTS) is 1. The predicted octanol–water partition coefficient (Wildman–Crippen LogP) is 0.413. The van der Waals surface area contributed by atoms with Crippen molar-refractivity contribution >= 4 is 11.9 Å². The van der Waals surface area contributed by atoms with Gasteiger partial charge in [-0.3, -0.25) is 9.59 Å². The van der Waals surface area contributed by atoms with Crippen LogP contribution in [0.2, 0.25) is 0 Å². The van der Waals surface area contributed by atoms with Crippen LogP contribution in [0.5, 0.6) is 0 Å². The van der Waals surface area contributed by atoms with Gasteiger partial charge in [0.2, 0.25) is 5.91 Å². The van der Waals surface area contributed by atoms with Gasteiger partial charge in [-0.25, -0.2) is 0 Å². The van der Waals surface area contributed by atoms with Crippen molar-refractivity contribution in [1.29, 1.82) is 0 Å². The number of nitrogens with one attached hydrogen (secondary N) is 1. The molecule has 0 aromatic heterocycles. The van der Waals surface area contributed by atoms with Gasteiger partial charge >= 0.3 is 5.97 Å². The van der Waals surface area contributed by atoms with E-state index in [0.717, 1.165) is 0 Å². The molecule has 17 heavy (non-hydrogen) atoms. The van der Waals surface area contributed by atoms with Crippen LogP contribution in [0.3, 0.4) is 0 Å². The van der Waals surface area contributed by atoms with Crippen molar-refractivity contribution in [2.75, 3.05) is 6.54 Å². The molecule has 2 aliphatic rings. The largest absolute Gasteiger partial charge is 0.481 e. The number of ether oxygens (including phenoxy) is 1. The Balaban J connectivity index is 2.06. The molecule has 1 amide bonds. The summed E-state index contributed by atoms with van der Waals surface area (Å²) in [6.07, 6.45) is 2.68. The molecule has 5 heteroatoms. The van der Waals surface area contributed by atoms with Gasteiger partial charge < -0.3 is 15.2 Å². The molecule has 0 unspecified atom stereocenters. The van der Waals surface area contributed by atoms with Crippen molar-refractivity contribution in [2.45, 2.75) is 26.1 Å². The van der Waals surface area contributed by atoms with Crippen molar-refractivity contribution < 1.29 is 19.4 Å². The standard InChI is InChI=1S/C12H17NO4/c1-6(2)5-13-11(14)9-7-3-4-8(17-7)10(9)12(15)16/h3-4,6-10H,5H2,1-2H3,(H,13,14)(H,15,16)/t7-,8-,9-,10+/m1/s1. The second kappa shape index (κ2) is 4.49. The summed E-state index contributed by atoms with van der Waals surface area (Å²) >= 11 is 0. The van der Waals surface area contributed by atoms with Crippen LogP contribution in [0.1, 0.15) is 13.8 Å². The fourth-order valence-corrected chi connectivity index (χ4v) is 2.34. The summed E-state index contributed by atoms with van der Waals surface area (Å²) in [5, 5.41) is 11.9. The molecule has 0 radical (unpaired) electrons. The van der Waals surface area contributed by atoms with E-state index in [9.17, 15) is 9.59 Å². The summed E-state index contributed by atoms with van der Waals surface area (Å²) < 4.78 is 5.43. The molecule has 5 nitrogen and oxygen atoms in total. The summed E-state index contributed by atoms with van der Waals surface area (Å²) in [5.41, 5.74) is 0. The number of hydrogen-bond donors (Lipinski definition) is 2. The lowest BCUT2D eigenvalue weighted by Gasteiger charge is -2.21. The Labute approximate surface area is 99.8 Å². The first-order valence-corrected chi connectivity index (χ1v) is 5.85. The Bertz CT molecular complexity index is 364. The molecular formula is C12H17NO4. The number of carbonyl (C=O) groups excluding carboxylic acids is 1. The highest BCUT2D eigenvalue weighted by molar-refractivity contribution is 5.87.